The lowest BCUT2D eigenvalue weighted by Crippen LogP contribution is -2.42. The standard InChI is InChI=1S/C29H23N5O3/c35-28(19-37-29(36)18-33-26-13-7-6-12-24(26)30-32-33)34-27(21-9-2-1-3-10-21)17-25(31-34)23-15-14-20-8-4-5-11-22(20)16-23/h1-17,27,31H,18-19H2/t27-/m1/s1. The lowest BCUT2D eigenvalue weighted by Gasteiger charge is -2.25. The highest BCUT2D eigenvalue weighted by atomic mass is 16.5. The number of esters is 1. The van der Waals surface area contributed by atoms with Crippen molar-refractivity contribution in [3.8, 4) is 0 Å². The van der Waals surface area contributed by atoms with Crippen molar-refractivity contribution < 1.29 is 14.3 Å². The Morgan fingerprint density at radius 3 is 2.49 bits per heavy atom. The molecule has 1 aliphatic heterocycles. The molecule has 1 amide bonds. The normalized spacial score (nSPS) is 15.0. The molecule has 8 nitrogen and oxygen atoms in total. The maximum Gasteiger partial charge on any atom is 0.328 e. The summed E-state index contributed by atoms with van der Waals surface area (Å²) in [6.45, 7) is -0.537. The molecule has 1 aromatic heterocycles. The quantitative estimate of drug-likeness (QED) is 0.359. The van der Waals surface area contributed by atoms with Crippen LogP contribution in [-0.2, 0) is 20.9 Å². The van der Waals surface area contributed by atoms with Crippen LogP contribution in [0.4, 0.5) is 0 Å². The predicted octanol–water partition coefficient (Wildman–Crippen LogP) is 4.26. The fourth-order valence-corrected chi connectivity index (χ4v) is 4.51. The van der Waals surface area contributed by atoms with E-state index in [1.165, 1.54) is 9.69 Å². The van der Waals surface area contributed by atoms with Crippen molar-refractivity contribution in [2.45, 2.75) is 12.6 Å². The van der Waals surface area contributed by atoms with Gasteiger partial charge in [0.1, 0.15) is 12.1 Å². The number of rotatable bonds is 6. The van der Waals surface area contributed by atoms with E-state index < -0.39 is 12.6 Å². The Morgan fingerprint density at radius 2 is 1.62 bits per heavy atom. The van der Waals surface area contributed by atoms with Gasteiger partial charge in [-0.2, -0.15) is 0 Å². The van der Waals surface area contributed by atoms with Gasteiger partial charge in [-0.3, -0.25) is 15.0 Å². The SMILES string of the molecule is O=C(Cn1nnc2ccccc21)OCC(=O)N1NC(c2ccc3ccccc3c2)=C[C@@H]1c1ccccc1. The van der Waals surface area contributed by atoms with Crippen molar-refractivity contribution in [2.24, 2.45) is 0 Å². The van der Waals surface area contributed by atoms with E-state index in [2.05, 4.69) is 40.0 Å². The molecule has 0 saturated carbocycles. The molecular weight excluding hydrogens is 466 g/mol. The maximum atomic E-state index is 13.3. The Balaban J connectivity index is 1.19. The van der Waals surface area contributed by atoms with Crippen LogP contribution in [0.3, 0.4) is 0 Å². The number of amides is 1. The third-order valence-electron chi connectivity index (χ3n) is 6.37. The Bertz CT molecular complexity index is 1640. The summed E-state index contributed by atoms with van der Waals surface area (Å²) in [4.78, 5) is 25.8. The van der Waals surface area contributed by atoms with Crippen LogP contribution in [0.15, 0.2) is 103 Å². The predicted molar refractivity (Wildman–Crippen MR) is 140 cm³/mol. The molecule has 0 saturated heterocycles. The Hall–Kier alpha value is -4.98. The lowest BCUT2D eigenvalue weighted by atomic mass is 10.0. The smallest absolute Gasteiger partial charge is 0.328 e. The first kappa shape index (κ1) is 22.5. The van der Waals surface area contributed by atoms with Crippen LogP contribution >= 0.6 is 0 Å². The second kappa shape index (κ2) is 9.58. The summed E-state index contributed by atoms with van der Waals surface area (Å²) in [5.74, 6) is -0.931. The summed E-state index contributed by atoms with van der Waals surface area (Å²) < 4.78 is 6.80. The molecule has 5 aromatic rings. The first-order valence-electron chi connectivity index (χ1n) is 11.9. The summed E-state index contributed by atoms with van der Waals surface area (Å²) in [7, 11) is 0. The van der Waals surface area contributed by atoms with E-state index in [0.29, 0.717) is 5.52 Å². The highest BCUT2D eigenvalue weighted by molar-refractivity contribution is 5.88. The average molecular weight is 490 g/mol. The van der Waals surface area contributed by atoms with E-state index in [1.54, 1.807) is 0 Å². The highest BCUT2D eigenvalue weighted by Crippen LogP contribution is 2.32. The van der Waals surface area contributed by atoms with E-state index in [-0.39, 0.29) is 18.5 Å². The van der Waals surface area contributed by atoms with Crippen molar-refractivity contribution >= 4 is 39.4 Å². The van der Waals surface area contributed by atoms with Crippen LogP contribution in [0.2, 0.25) is 0 Å². The number of hydrazine groups is 1. The number of aromatic nitrogens is 3. The van der Waals surface area contributed by atoms with Gasteiger partial charge in [-0.15, -0.1) is 5.10 Å². The van der Waals surface area contributed by atoms with Gasteiger partial charge >= 0.3 is 5.97 Å². The van der Waals surface area contributed by atoms with Gasteiger partial charge in [-0.25, -0.2) is 9.69 Å². The van der Waals surface area contributed by atoms with E-state index in [0.717, 1.165) is 33.1 Å². The van der Waals surface area contributed by atoms with Gasteiger partial charge in [0.25, 0.3) is 5.91 Å². The molecule has 1 aliphatic rings. The molecule has 0 aliphatic carbocycles. The molecule has 0 unspecified atom stereocenters. The van der Waals surface area contributed by atoms with E-state index in [9.17, 15) is 9.59 Å². The molecule has 182 valence electrons. The van der Waals surface area contributed by atoms with Crippen molar-refractivity contribution in [3.63, 3.8) is 0 Å². The molecule has 0 fully saturated rings. The van der Waals surface area contributed by atoms with Gasteiger partial charge in [0, 0.05) is 0 Å². The Labute approximate surface area is 212 Å². The van der Waals surface area contributed by atoms with Crippen LogP contribution in [-0.4, -0.2) is 38.5 Å². The lowest BCUT2D eigenvalue weighted by molar-refractivity contribution is -0.154. The van der Waals surface area contributed by atoms with Gasteiger partial charge in [0.05, 0.1) is 17.3 Å². The summed E-state index contributed by atoms with van der Waals surface area (Å²) >= 11 is 0. The first-order valence-corrected chi connectivity index (χ1v) is 11.9. The van der Waals surface area contributed by atoms with Crippen LogP contribution in [0.1, 0.15) is 17.2 Å². The Morgan fingerprint density at radius 1 is 0.865 bits per heavy atom. The van der Waals surface area contributed by atoms with E-state index in [4.69, 9.17) is 4.74 Å². The third-order valence-corrected chi connectivity index (χ3v) is 6.37. The van der Waals surface area contributed by atoms with Crippen molar-refractivity contribution in [3.05, 3.63) is 114 Å². The average Bonchev–Trinajstić information content (AvgIpc) is 3.57. The molecule has 0 radical (unpaired) electrons. The molecule has 0 spiro atoms. The van der Waals surface area contributed by atoms with Gasteiger partial charge in [0.15, 0.2) is 6.61 Å². The summed E-state index contributed by atoms with van der Waals surface area (Å²) in [5, 5.41) is 11.8. The number of nitrogens with zero attached hydrogens (tertiary/aromatic N) is 4. The van der Waals surface area contributed by atoms with E-state index >= 15 is 0 Å². The number of benzene rings is 4. The van der Waals surface area contributed by atoms with Crippen LogP contribution in [0.25, 0.3) is 27.5 Å². The third kappa shape index (κ3) is 4.52. The van der Waals surface area contributed by atoms with Crippen LogP contribution in [0, 0.1) is 0 Å². The maximum absolute atomic E-state index is 13.3. The zero-order valence-electron chi connectivity index (χ0n) is 19.8. The largest absolute Gasteiger partial charge is 0.454 e. The van der Waals surface area contributed by atoms with Gasteiger partial charge in [-0.05, 0) is 46.2 Å². The number of para-hydroxylation sites is 1. The molecule has 0 bridgehead atoms. The molecule has 6 rings (SSSR count). The fraction of sp³-hybridized carbons (Fsp3) is 0.103. The van der Waals surface area contributed by atoms with Crippen molar-refractivity contribution in [1.82, 2.24) is 25.4 Å². The van der Waals surface area contributed by atoms with Crippen LogP contribution in [0.5, 0.6) is 0 Å². The highest BCUT2D eigenvalue weighted by Gasteiger charge is 2.31. The molecule has 37 heavy (non-hydrogen) atoms. The fourth-order valence-electron chi connectivity index (χ4n) is 4.51. The van der Waals surface area contributed by atoms with Gasteiger partial charge in [-0.1, -0.05) is 84.1 Å². The minimum atomic E-state index is -0.567. The zero-order valence-corrected chi connectivity index (χ0v) is 19.8. The summed E-state index contributed by atoms with van der Waals surface area (Å²) in [6.07, 6.45) is 2.01. The second-order valence-electron chi connectivity index (χ2n) is 8.77. The zero-order chi connectivity index (χ0) is 25.2. The topological polar surface area (TPSA) is 89.4 Å². The minimum absolute atomic E-state index is 0.135. The van der Waals surface area contributed by atoms with E-state index in [1.807, 2.05) is 78.9 Å². The monoisotopic (exact) mass is 489 g/mol. The van der Waals surface area contributed by atoms with Crippen molar-refractivity contribution in [2.75, 3.05) is 6.61 Å². The molecular formula is C29H23N5O3. The number of carbonyl (C=O) groups excluding carboxylic acids is 2. The molecule has 8 heteroatoms. The number of fused-ring (bicyclic) bond motifs is 2. The number of carbonyl (C=O) groups is 2. The summed E-state index contributed by atoms with van der Waals surface area (Å²) in [5.41, 5.74) is 7.37. The molecule has 2 heterocycles. The summed E-state index contributed by atoms with van der Waals surface area (Å²) in [6, 6.07) is 31.0. The Kier molecular flexibility index (Phi) is 5.82. The number of nitrogens with one attached hydrogen (secondary N) is 1. The van der Waals surface area contributed by atoms with Gasteiger partial charge < -0.3 is 4.74 Å². The van der Waals surface area contributed by atoms with Gasteiger partial charge in [0.2, 0.25) is 0 Å². The molecule has 1 atom stereocenters. The first-order chi connectivity index (χ1) is 18.2. The molecule has 1 N–H and O–H groups in total. The molecule has 4 aromatic carbocycles. The minimum Gasteiger partial charge on any atom is -0.454 e. The second-order valence-corrected chi connectivity index (χ2v) is 8.77. The number of hydrogen-bond donors (Lipinski definition) is 1. The van der Waals surface area contributed by atoms with Crippen molar-refractivity contribution in [1.29, 1.82) is 0 Å². The number of hydrogen-bond acceptors (Lipinski definition) is 6. The number of ether oxygens (including phenoxy) is 1. The van der Waals surface area contributed by atoms with Crippen LogP contribution < -0.4 is 5.43 Å².